The number of carbonyl (C=O) groups is 1. The van der Waals surface area contributed by atoms with Crippen LogP contribution in [-0.4, -0.2) is 68.7 Å². The maximum atomic E-state index is 12.1. The van der Waals surface area contributed by atoms with E-state index in [0.717, 1.165) is 51.3 Å². The third-order valence-electron chi connectivity index (χ3n) is 5.37. The molecule has 0 spiro atoms. The van der Waals surface area contributed by atoms with Gasteiger partial charge in [0.25, 0.3) is 5.91 Å². The third kappa shape index (κ3) is 7.04. The summed E-state index contributed by atoms with van der Waals surface area (Å²) in [5.74, 6) is 1.13. The summed E-state index contributed by atoms with van der Waals surface area (Å²) in [5.41, 5.74) is 2.46. The number of rotatable bonds is 10. The maximum Gasteiger partial charge on any atom is 0.257 e. The normalized spacial score (nSPS) is 15.0. The van der Waals surface area contributed by atoms with Gasteiger partial charge in [0.1, 0.15) is 0 Å². The standard InChI is InChI=1S/C24H33N3O3/c1-20-9-10-22(23(17-20)29-2)30-19-24(28)25-11-6-12-26-13-15-27(16-14-26)18-21-7-4-3-5-8-21/h3-5,7-10,17H,6,11-16,18-19H2,1-2H3,(H,25,28). The highest BCUT2D eigenvalue weighted by molar-refractivity contribution is 5.77. The van der Waals surface area contributed by atoms with Gasteiger partial charge in [-0.05, 0) is 43.1 Å². The van der Waals surface area contributed by atoms with Crippen LogP contribution in [0.15, 0.2) is 48.5 Å². The first-order valence-electron chi connectivity index (χ1n) is 10.7. The lowest BCUT2D eigenvalue weighted by Gasteiger charge is -2.34. The molecule has 1 aliphatic heterocycles. The molecule has 6 heteroatoms. The fraction of sp³-hybridized carbons (Fsp3) is 0.458. The fourth-order valence-corrected chi connectivity index (χ4v) is 3.63. The van der Waals surface area contributed by atoms with Gasteiger partial charge in [-0.2, -0.15) is 0 Å². The van der Waals surface area contributed by atoms with E-state index in [1.54, 1.807) is 7.11 Å². The van der Waals surface area contributed by atoms with Crippen molar-refractivity contribution in [3.8, 4) is 11.5 Å². The molecule has 0 radical (unpaired) electrons. The van der Waals surface area contributed by atoms with Crippen molar-refractivity contribution in [1.82, 2.24) is 15.1 Å². The van der Waals surface area contributed by atoms with Crippen LogP contribution in [0.2, 0.25) is 0 Å². The van der Waals surface area contributed by atoms with E-state index in [4.69, 9.17) is 9.47 Å². The summed E-state index contributed by atoms with van der Waals surface area (Å²) in [5, 5.41) is 2.94. The van der Waals surface area contributed by atoms with Crippen molar-refractivity contribution in [2.75, 3.05) is 53.0 Å². The summed E-state index contributed by atoms with van der Waals surface area (Å²) in [7, 11) is 1.60. The lowest BCUT2D eigenvalue weighted by Crippen LogP contribution is -2.46. The van der Waals surface area contributed by atoms with Crippen LogP contribution in [0, 0.1) is 6.92 Å². The van der Waals surface area contributed by atoms with E-state index in [1.165, 1.54) is 5.56 Å². The summed E-state index contributed by atoms with van der Waals surface area (Å²) in [6.45, 7) is 9.02. The van der Waals surface area contributed by atoms with Crippen molar-refractivity contribution in [3.05, 3.63) is 59.7 Å². The number of carbonyl (C=O) groups excluding carboxylic acids is 1. The van der Waals surface area contributed by atoms with Crippen molar-refractivity contribution < 1.29 is 14.3 Å². The third-order valence-corrected chi connectivity index (χ3v) is 5.37. The van der Waals surface area contributed by atoms with Gasteiger partial charge in [0, 0.05) is 39.3 Å². The van der Waals surface area contributed by atoms with Gasteiger partial charge in [-0.25, -0.2) is 0 Å². The van der Waals surface area contributed by atoms with Crippen molar-refractivity contribution in [1.29, 1.82) is 0 Å². The Bertz CT molecular complexity index is 790. The van der Waals surface area contributed by atoms with Gasteiger partial charge >= 0.3 is 0 Å². The first-order chi connectivity index (χ1) is 14.6. The smallest absolute Gasteiger partial charge is 0.257 e. The Labute approximate surface area is 179 Å². The quantitative estimate of drug-likeness (QED) is 0.610. The van der Waals surface area contributed by atoms with Crippen LogP contribution < -0.4 is 14.8 Å². The van der Waals surface area contributed by atoms with Crippen LogP contribution in [0.4, 0.5) is 0 Å². The summed E-state index contributed by atoms with van der Waals surface area (Å²) in [6.07, 6.45) is 0.943. The molecule has 1 aliphatic rings. The van der Waals surface area contributed by atoms with Gasteiger partial charge in [-0.1, -0.05) is 36.4 Å². The van der Waals surface area contributed by atoms with E-state index >= 15 is 0 Å². The number of hydrogen-bond acceptors (Lipinski definition) is 5. The molecule has 0 bridgehead atoms. The van der Waals surface area contributed by atoms with E-state index in [1.807, 2.05) is 25.1 Å². The van der Waals surface area contributed by atoms with Gasteiger partial charge in [-0.3, -0.25) is 9.69 Å². The minimum atomic E-state index is -0.106. The summed E-state index contributed by atoms with van der Waals surface area (Å²) >= 11 is 0. The Morgan fingerprint density at radius 2 is 1.73 bits per heavy atom. The molecule has 0 aromatic heterocycles. The number of hydrogen-bond donors (Lipinski definition) is 1. The first-order valence-corrected chi connectivity index (χ1v) is 10.7. The lowest BCUT2D eigenvalue weighted by atomic mass is 10.2. The van der Waals surface area contributed by atoms with Crippen molar-refractivity contribution in [2.24, 2.45) is 0 Å². The van der Waals surface area contributed by atoms with Gasteiger partial charge in [0.15, 0.2) is 18.1 Å². The molecule has 1 saturated heterocycles. The first kappa shape index (κ1) is 22.1. The van der Waals surface area contributed by atoms with E-state index in [9.17, 15) is 4.79 Å². The van der Waals surface area contributed by atoms with E-state index in [2.05, 4.69) is 45.4 Å². The van der Waals surface area contributed by atoms with Crippen LogP contribution in [0.1, 0.15) is 17.5 Å². The highest BCUT2D eigenvalue weighted by Gasteiger charge is 2.16. The molecule has 30 heavy (non-hydrogen) atoms. The summed E-state index contributed by atoms with van der Waals surface area (Å²) in [6, 6.07) is 16.3. The molecule has 0 aliphatic carbocycles. The second-order valence-corrected chi connectivity index (χ2v) is 7.75. The molecule has 1 fully saturated rings. The predicted octanol–water partition coefficient (Wildman–Crippen LogP) is 2.71. The summed E-state index contributed by atoms with van der Waals surface area (Å²) in [4.78, 5) is 17.0. The largest absolute Gasteiger partial charge is 0.493 e. The molecular formula is C24H33N3O3. The maximum absolute atomic E-state index is 12.1. The number of aryl methyl sites for hydroxylation is 1. The molecule has 1 heterocycles. The van der Waals surface area contributed by atoms with Crippen LogP contribution in [0.5, 0.6) is 11.5 Å². The lowest BCUT2D eigenvalue weighted by molar-refractivity contribution is -0.123. The van der Waals surface area contributed by atoms with E-state index in [0.29, 0.717) is 18.0 Å². The van der Waals surface area contributed by atoms with Gasteiger partial charge < -0.3 is 19.7 Å². The van der Waals surface area contributed by atoms with Crippen molar-refractivity contribution in [3.63, 3.8) is 0 Å². The number of piperazine rings is 1. The molecule has 0 saturated carbocycles. The minimum Gasteiger partial charge on any atom is -0.493 e. The summed E-state index contributed by atoms with van der Waals surface area (Å²) < 4.78 is 10.9. The average molecular weight is 412 g/mol. The van der Waals surface area contributed by atoms with Gasteiger partial charge in [-0.15, -0.1) is 0 Å². The monoisotopic (exact) mass is 411 g/mol. The number of nitrogens with zero attached hydrogens (tertiary/aromatic N) is 2. The van der Waals surface area contributed by atoms with Crippen molar-refractivity contribution in [2.45, 2.75) is 19.9 Å². The average Bonchev–Trinajstić information content (AvgIpc) is 2.77. The Balaban J connectivity index is 1.27. The van der Waals surface area contributed by atoms with Crippen molar-refractivity contribution >= 4 is 5.91 Å². The Kier molecular flexibility index (Phi) is 8.53. The molecule has 0 unspecified atom stereocenters. The Morgan fingerprint density at radius 3 is 2.47 bits per heavy atom. The van der Waals surface area contributed by atoms with Crippen LogP contribution in [0.3, 0.4) is 0 Å². The number of amides is 1. The van der Waals surface area contributed by atoms with Crippen LogP contribution in [0.25, 0.3) is 0 Å². The fourth-order valence-electron chi connectivity index (χ4n) is 3.63. The second-order valence-electron chi connectivity index (χ2n) is 7.75. The Hall–Kier alpha value is -2.57. The molecule has 2 aromatic carbocycles. The highest BCUT2D eigenvalue weighted by Crippen LogP contribution is 2.27. The number of methoxy groups -OCH3 is 1. The zero-order valence-corrected chi connectivity index (χ0v) is 18.1. The van der Waals surface area contributed by atoms with Gasteiger partial charge in [0.2, 0.25) is 0 Å². The predicted molar refractivity (Wildman–Crippen MR) is 119 cm³/mol. The zero-order valence-electron chi connectivity index (χ0n) is 18.1. The zero-order chi connectivity index (χ0) is 21.2. The van der Waals surface area contributed by atoms with Crippen LogP contribution >= 0.6 is 0 Å². The molecule has 6 nitrogen and oxygen atoms in total. The molecule has 2 aromatic rings. The Morgan fingerprint density at radius 1 is 1.00 bits per heavy atom. The number of ether oxygens (including phenoxy) is 2. The highest BCUT2D eigenvalue weighted by atomic mass is 16.5. The van der Waals surface area contributed by atoms with E-state index < -0.39 is 0 Å². The molecule has 0 atom stereocenters. The minimum absolute atomic E-state index is 0.00240. The SMILES string of the molecule is COc1cc(C)ccc1OCC(=O)NCCCN1CCN(Cc2ccccc2)CC1. The second kappa shape index (κ2) is 11.6. The van der Waals surface area contributed by atoms with Crippen LogP contribution in [-0.2, 0) is 11.3 Å². The molecule has 1 N–H and O–H groups in total. The molecular weight excluding hydrogens is 378 g/mol. The number of nitrogens with one attached hydrogen (secondary N) is 1. The van der Waals surface area contributed by atoms with E-state index in [-0.39, 0.29) is 12.5 Å². The topological polar surface area (TPSA) is 54.0 Å². The molecule has 1 amide bonds. The number of benzene rings is 2. The molecule has 3 rings (SSSR count). The molecule has 162 valence electrons. The van der Waals surface area contributed by atoms with Gasteiger partial charge in [0.05, 0.1) is 7.11 Å².